The van der Waals surface area contributed by atoms with Crippen LogP contribution in [-0.2, 0) is 14.8 Å². The number of sulfonamides is 1. The number of carbonyl (C=O) groups excluding carboxylic acids is 1. The first-order valence-electron chi connectivity index (χ1n) is 5.91. The first kappa shape index (κ1) is 15.6. The fourth-order valence-corrected chi connectivity index (χ4v) is 2.10. The first-order valence-corrected chi connectivity index (χ1v) is 7.80. The molecule has 0 aromatic heterocycles. The number of hydrogen-bond donors (Lipinski definition) is 3. The Hall–Kier alpha value is -1.44. The average molecular weight is 285 g/mol. The van der Waals surface area contributed by atoms with E-state index in [1.54, 1.807) is 0 Å². The van der Waals surface area contributed by atoms with Gasteiger partial charge in [-0.05, 0) is 5.56 Å². The largest absolute Gasteiger partial charge is 0.354 e. The molecule has 1 aromatic carbocycles. The van der Waals surface area contributed by atoms with Gasteiger partial charge in [-0.2, -0.15) is 0 Å². The number of hydrogen-bond acceptors (Lipinski definition) is 4. The lowest BCUT2D eigenvalue weighted by Crippen LogP contribution is -2.38. The molecule has 106 valence electrons. The molecule has 19 heavy (non-hydrogen) atoms. The lowest BCUT2D eigenvalue weighted by Gasteiger charge is -2.15. The summed E-state index contributed by atoms with van der Waals surface area (Å²) in [6.45, 7) is 0.598. The topological polar surface area (TPSA) is 101 Å². The van der Waals surface area contributed by atoms with Crippen LogP contribution in [0.5, 0.6) is 0 Å². The molecule has 1 rings (SSSR count). The predicted octanol–water partition coefficient (Wildman–Crippen LogP) is -0.606. The summed E-state index contributed by atoms with van der Waals surface area (Å²) < 4.78 is 24.0. The van der Waals surface area contributed by atoms with Gasteiger partial charge in [0.25, 0.3) is 0 Å². The molecular weight excluding hydrogens is 266 g/mol. The predicted molar refractivity (Wildman–Crippen MR) is 74.1 cm³/mol. The Morgan fingerprint density at radius 1 is 1.26 bits per heavy atom. The van der Waals surface area contributed by atoms with Gasteiger partial charge in [-0.1, -0.05) is 30.3 Å². The normalized spacial score (nSPS) is 12.9. The Morgan fingerprint density at radius 2 is 1.89 bits per heavy atom. The van der Waals surface area contributed by atoms with E-state index < -0.39 is 15.9 Å². The van der Waals surface area contributed by atoms with E-state index in [1.807, 2.05) is 30.3 Å². The molecule has 4 N–H and O–H groups in total. The molecule has 1 unspecified atom stereocenters. The maximum Gasteiger partial charge on any atom is 0.228 e. The standard InChI is InChI=1S/C12H19N3O3S/c1-19(17,18)15-8-7-14-12(16)11(9-13)10-5-3-2-4-6-10/h2-6,11,15H,7-9,13H2,1H3,(H,14,16). The minimum atomic E-state index is -3.23. The van der Waals surface area contributed by atoms with Gasteiger partial charge in [-0.3, -0.25) is 4.79 Å². The van der Waals surface area contributed by atoms with Crippen LogP contribution in [0.1, 0.15) is 11.5 Å². The molecule has 0 aliphatic rings. The summed E-state index contributed by atoms with van der Waals surface area (Å²) in [6, 6.07) is 9.23. The summed E-state index contributed by atoms with van der Waals surface area (Å²) in [4.78, 5) is 11.9. The molecule has 0 aliphatic heterocycles. The Bertz CT molecular complexity index is 502. The molecule has 1 atom stereocenters. The summed E-state index contributed by atoms with van der Waals surface area (Å²) in [5.41, 5.74) is 6.45. The first-order chi connectivity index (χ1) is 8.94. The van der Waals surface area contributed by atoms with Crippen LogP contribution in [0.4, 0.5) is 0 Å². The van der Waals surface area contributed by atoms with Gasteiger partial charge in [0.1, 0.15) is 0 Å². The Balaban J connectivity index is 2.47. The van der Waals surface area contributed by atoms with Gasteiger partial charge in [0.05, 0.1) is 12.2 Å². The van der Waals surface area contributed by atoms with E-state index >= 15 is 0 Å². The minimum Gasteiger partial charge on any atom is -0.354 e. The highest BCUT2D eigenvalue weighted by Gasteiger charge is 2.18. The smallest absolute Gasteiger partial charge is 0.228 e. The van der Waals surface area contributed by atoms with Gasteiger partial charge in [0, 0.05) is 19.6 Å². The fourth-order valence-electron chi connectivity index (χ4n) is 1.63. The summed E-state index contributed by atoms with van der Waals surface area (Å²) >= 11 is 0. The molecule has 0 radical (unpaired) electrons. The van der Waals surface area contributed by atoms with Gasteiger partial charge in [0.2, 0.25) is 15.9 Å². The second-order valence-electron chi connectivity index (χ2n) is 4.16. The second kappa shape index (κ2) is 7.22. The van der Waals surface area contributed by atoms with Crippen molar-refractivity contribution in [1.82, 2.24) is 10.0 Å². The summed E-state index contributed by atoms with van der Waals surface area (Å²) in [7, 11) is -3.23. The number of nitrogens with two attached hydrogens (primary N) is 1. The van der Waals surface area contributed by atoms with Crippen molar-refractivity contribution in [1.29, 1.82) is 0 Å². The van der Waals surface area contributed by atoms with Gasteiger partial charge in [0.15, 0.2) is 0 Å². The molecule has 0 saturated heterocycles. The number of rotatable bonds is 7. The number of benzene rings is 1. The van der Waals surface area contributed by atoms with Crippen molar-refractivity contribution < 1.29 is 13.2 Å². The van der Waals surface area contributed by atoms with Gasteiger partial charge in [-0.15, -0.1) is 0 Å². The van der Waals surface area contributed by atoms with E-state index in [4.69, 9.17) is 5.73 Å². The van der Waals surface area contributed by atoms with Crippen LogP contribution in [0, 0.1) is 0 Å². The van der Waals surface area contributed by atoms with Crippen LogP contribution >= 0.6 is 0 Å². The molecule has 0 heterocycles. The quantitative estimate of drug-likeness (QED) is 0.582. The summed E-state index contributed by atoms with van der Waals surface area (Å²) in [6.07, 6.45) is 1.07. The minimum absolute atomic E-state index is 0.163. The van der Waals surface area contributed by atoms with Crippen molar-refractivity contribution in [2.75, 3.05) is 25.9 Å². The average Bonchev–Trinajstić information content (AvgIpc) is 2.36. The molecule has 7 heteroatoms. The zero-order valence-electron chi connectivity index (χ0n) is 10.8. The Morgan fingerprint density at radius 3 is 2.42 bits per heavy atom. The van der Waals surface area contributed by atoms with Crippen molar-refractivity contribution in [2.24, 2.45) is 5.73 Å². The van der Waals surface area contributed by atoms with E-state index in [1.165, 1.54) is 0 Å². The van der Waals surface area contributed by atoms with Gasteiger partial charge in [-0.25, -0.2) is 13.1 Å². The fraction of sp³-hybridized carbons (Fsp3) is 0.417. The van der Waals surface area contributed by atoms with E-state index in [0.29, 0.717) is 0 Å². The van der Waals surface area contributed by atoms with Crippen LogP contribution in [0.3, 0.4) is 0 Å². The Kier molecular flexibility index (Phi) is 5.94. The maximum atomic E-state index is 11.9. The maximum absolute atomic E-state index is 11.9. The third kappa shape index (κ3) is 5.82. The van der Waals surface area contributed by atoms with Crippen molar-refractivity contribution in [3.63, 3.8) is 0 Å². The number of carbonyl (C=O) groups is 1. The molecule has 0 fully saturated rings. The van der Waals surface area contributed by atoms with Crippen LogP contribution in [0.2, 0.25) is 0 Å². The lowest BCUT2D eigenvalue weighted by atomic mass is 9.98. The van der Waals surface area contributed by atoms with E-state index in [0.717, 1.165) is 11.8 Å². The van der Waals surface area contributed by atoms with Crippen LogP contribution in [0.25, 0.3) is 0 Å². The SMILES string of the molecule is CS(=O)(=O)NCCNC(=O)C(CN)c1ccccc1. The highest BCUT2D eigenvalue weighted by atomic mass is 32.2. The lowest BCUT2D eigenvalue weighted by molar-refractivity contribution is -0.122. The van der Waals surface area contributed by atoms with Crippen LogP contribution in [0.15, 0.2) is 30.3 Å². The molecule has 1 amide bonds. The molecule has 0 aliphatic carbocycles. The van der Waals surface area contributed by atoms with Crippen molar-refractivity contribution in [3.05, 3.63) is 35.9 Å². The zero-order chi connectivity index (χ0) is 14.3. The monoisotopic (exact) mass is 285 g/mol. The van der Waals surface area contributed by atoms with Crippen LogP contribution in [-0.4, -0.2) is 40.2 Å². The van der Waals surface area contributed by atoms with Crippen molar-refractivity contribution in [2.45, 2.75) is 5.92 Å². The third-order valence-electron chi connectivity index (χ3n) is 2.54. The zero-order valence-corrected chi connectivity index (χ0v) is 11.6. The highest BCUT2D eigenvalue weighted by molar-refractivity contribution is 7.88. The van der Waals surface area contributed by atoms with Crippen molar-refractivity contribution >= 4 is 15.9 Å². The van der Waals surface area contributed by atoms with E-state index in [9.17, 15) is 13.2 Å². The number of nitrogens with one attached hydrogen (secondary N) is 2. The molecule has 1 aromatic rings. The number of amides is 1. The molecule has 0 spiro atoms. The third-order valence-corrected chi connectivity index (χ3v) is 3.27. The Labute approximate surface area is 113 Å². The van der Waals surface area contributed by atoms with Gasteiger partial charge < -0.3 is 11.1 Å². The van der Waals surface area contributed by atoms with E-state index in [2.05, 4.69) is 10.0 Å². The highest BCUT2D eigenvalue weighted by Crippen LogP contribution is 2.13. The van der Waals surface area contributed by atoms with E-state index in [-0.39, 0.29) is 25.5 Å². The molecular formula is C12H19N3O3S. The molecule has 0 bridgehead atoms. The van der Waals surface area contributed by atoms with Crippen molar-refractivity contribution in [3.8, 4) is 0 Å². The van der Waals surface area contributed by atoms with Crippen LogP contribution < -0.4 is 15.8 Å². The molecule has 0 saturated carbocycles. The molecule has 6 nitrogen and oxygen atoms in total. The van der Waals surface area contributed by atoms with Gasteiger partial charge >= 0.3 is 0 Å². The summed E-state index contributed by atoms with van der Waals surface area (Å²) in [5, 5.41) is 2.66. The second-order valence-corrected chi connectivity index (χ2v) is 5.99. The summed E-state index contributed by atoms with van der Waals surface area (Å²) in [5.74, 6) is -0.622.